The van der Waals surface area contributed by atoms with E-state index in [0.29, 0.717) is 5.56 Å². The quantitative estimate of drug-likeness (QED) is 0.797. The molecule has 0 aromatic heterocycles. The minimum atomic E-state index is -0.659. The van der Waals surface area contributed by atoms with E-state index in [1.54, 1.807) is 0 Å². The number of hydrogen-bond acceptors (Lipinski definition) is 3. The van der Waals surface area contributed by atoms with E-state index in [4.69, 9.17) is 0 Å². The van der Waals surface area contributed by atoms with Crippen molar-refractivity contribution in [2.45, 2.75) is 0 Å². The summed E-state index contributed by atoms with van der Waals surface area (Å²) >= 11 is 0. The highest BCUT2D eigenvalue weighted by Gasteiger charge is 2.34. The van der Waals surface area contributed by atoms with Crippen molar-refractivity contribution in [1.82, 2.24) is 9.80 Å². The molecule has 4 amide bonds. The molecule has 0 radical (unpaired) electrons. The van der Waals surface area contributed by atoms with Crippen molar-refractivity contribution in [2.75, 3.05) is 13.1 Å². The van der Waals surface area contributed by atoms with Gasteiger partial charge in [-0.3, -0.25) is 19.4 Å². The van der Waals surface area contributed by atoms with E-state index >= 15 is 0 Å². The van der Waals surface area contributed by atoms with E-state index in [9.17, 15) is 18.8 Å². The van der Waals surface area contributed by atoms with Gasteiger partial charge in [0.15, 0.2) is 0 Å². The molecule has 0 bridgehead atoms. The summed E-state index contributed by atoms with van der Waals surface area (Å²) in [6, 6.07) is 4.91. The molecule has 6 heteroatoms. The molecular formula is C15H13FN2O3. The number of imide groups is 2. The molecule has 1 aliphatic rings. The molecule has 1 aromatic rings. The van der Waals surface area contributed by atoms with E-state index in [0.717, 1.165) is 15.9 Å². The predicted molar refractivity (Wildman–Crippen MR) is 74.5 cm³/mol. The van der Waals surface area contributed by atoms with Crippen molar-refractivity contribution in [2.24, 2.45) is 0 Å². The lowest BCUT2D eigenvalue weighted by atomic mass is 10.2. The Balaban J connectivity index is 2.04. The highest BCUT2D eigenvalue weighted by molar-refractivity contribution is 6.09. The van der Waals surface area contributed by atoms with E-state index in [-0.39, 0.29) is 18.9 Å². The van der Waals surface area contributed by atoms with Crippen LogP contribution in [0.4, 0.5) is 9.18 Å². The number of carbonyl (C=O) groups is 3. The summed E-state index contributed by atoms with van der Waals surface area (Å²) < 4.78 is 12.7. The van der Waals surface area contributed by atoms with Crippen LogP contribution in [0, 0.1) is 5.82 Å². The first-order valence-corrected chi connectivity index (χ1v) is 6.26. The first-order valence-electron chi connectivity index (χ1n) is 6.26. The summed E-state index contributed by atoms with van der Waals surface area (Å²) in [5.74, 6) is -1.42. The van der Waals surface area contributed by atoms with Crippen LogP contribution in [0.15, 0.2) is 43.0 Å². The molecule has 5 nitrogen and oxygen atoms in total. The first-order chi connectivity index (χ1) is 10.0. The van der Waals surface area contributed by atoms with Crippen molar-refractivity contribution in [1.29, 1.82) is 0 Å². The van der Waals surface area contributed by atoms with Crippen LogP contribution in [0.5, 0.6) is 0 Å². The maximum absolute atomic E-state index is 12.7. The van der Waals surface area contributed by atoms with Gasteiger partial charge < -0.3 is 0 Å². The number of nitrogens with zero attached hydrogens (tertiary/aromatic N) is 2. The number of urea groups is 1. The zero-order chi connectivity index (χ0) is 15.4. The van der Waals surface area contributed by atoms with Crippen LogP contribution in [0.1, 0.15) is 5.56 Å². The Morgan fingerprint density at radius 2 is 1.67 bits per heavy atom. The molecule has 1 heterocycles. The SMILES string of the molecule is C=CC(=O)N1CCN(C(=O)/C=C/c2ccc(F)cc2)C1=O. The molecule has 0 saturated carbocycles. The first kappa shape index (κ1) is 14.6. The molecule has 1 saturated heterocycles. The van der Waals surface area contributed by atoms with Crippen LogP contribution in [0.3, 0.4) is 0 Å². The van der Waals surface area contributed by atoms with Gasteiger partial charge in [-0.15, -0.1) is 0 Å². The van der Waals surface area contributed by atoms with Crippen molar-refractivity contribution in [3.63, 3.8) is 0 Å². The lowest BCUT2D eigenvalue weighted by Crippen LogP contribution is -2.37. The van der Waals surface area contributed by atoms with Crippen LogP contribution >= 0.6 is 0 Å². The molecule has 1 aliphatic heterocycles. The number of hydrogen-bond donors (Lipinski definition) is 0. The van der Waals surface area contributed by atoms with Crippen LogP contribution in [-0.4, -0.2) is 40.7 Å². The van der Waals surface area contributed by atoms with Gasteiger partial charge in [0.2, 0.25) is 0 Å². The summed E-state index contributed by atoms with van der Waals surface area (Å²) in [5.41, 5.74) is 0.635. The Kier molecular flexibility index (Phi) is 4.27. The van der Waals surface area contributed by atoms with Gasteiger partial charge in [0.05, 0.1) is 0 Å². The Morgan fingerprint density at radius 1 is 1.10 bits per heavy atom. The normalized spacial score (nSPS) is 14.8. The maximum atomic E-state index is 12.7. The fourth-order valence-electron chi connectivity index (χ4n) is 1.89. The smallest absolute Gasteiger partial charge is 0.269 e. The highest BCUT2D eigenvalue weighted by atomic mass is 19.1. The number of benzene rings is 1. The Bertz CT molecular complexity index is 622. The van der Waals surface area contributed by atoms with Crippen LogP contribution in [0.2, 0.25) is 0 Å². The monoisotopic (exact) mass is 288 g/mol. The molecule has 1 aromatic carbocycles. The molecule has 0 aliphatic carbocycles. The van der Waals surface area contributed by atoms with Gasteiger partial charge in [-0.1, -0.05) is 18.7 Å². The van der Waals surface area contributed by atoms with Crippen LogP contribution < -0.4 is 0 Å². The van der Waals surface area contributed by atoms with Crippen molar-refractivity contribution < 1.29 is 18.8 Å². The van der Waals surface area contributed by atoms with Gasteiger partial charge in [-0.25, -0.2) is 9.18 Å². The summed E-state index contributed by atoms with van der Waals surface area (Å²) in [7, 11) is 0. The van der Waals surface area contributed by atoms with E-state index in [1.165, 1.54) is 36.4 Å². The van der Waals surface area contributed by atoms with Gasteiger partial charge in [-0.2, -0.15) is 0 Å². The molecule has 0 unspecified atom stereocenters. The van der Waals surface area contributed by atoms with E-state index in [2.05, 4.69) is 6.58 Å². The third-order valence-electron chi connectivity index (χ3n) is 3.00. The fourth-order valence-corrected chi connectivity index (χ4v) is 1.89. The standard InChI is InChI=1S/C15H13FN2O3/c1-2-13(19)17-9-10-18(15(17)21)14(20)8-5-11-3-6-12(16)7-4-11/h2-8H,1,9-10H2/b8-5+. The van der Waals surface area contributed by atoms with Crippen LogP contribution in [-0.2, 0) is 9.59 Å². The topological polar surface area (TPSA) is 57.7 Å². The van der Waals surface area contributed by atoms with Gasteiger partial charge in [-0.05, 0) is 29.8 Å². The zero-order valence-corrected chi connectivity index (χ0v) is 11.2. The molecule has 108 valence electrons. The number of halogens is 1. The van der Waals surface area contributed by atoms with E-state index < -0.39 is 17.8 Å². The number of amides is 4. The Labute approximate surface area is 121 Å². The van der Waals surface area contributed by atoms with E-state index in [1.807, 2.05) is 0 Å². The minimum absolute atomic E-state index is 0.144. The van der Waals surface area contributed by atoms with Gasteiger partial charge in [0.25, 0.3) is 11.8 Å². The zero-order valence-electron chi connectivity index (χ0n) is 11.2. The molecule has 1 fully saturated rings. The molecule has 0 N–H and O–H groups in total. The highest BCUT2D eigenvalue weighted by Crippen LogP contribution is 2.11. The number of carbonyl (C=O) groups excluding carboxylic acids is 3. The second-order valence-electron chi connectivity index (χ2n) is 4.35. The molecule has 21 heavy (non-hydrogen) atoms. The summed E-state index contributed by atoms with van der Waals surface area (Å²) in [6.45, 7) is 3.60. The van der Waals surface area contributed by atoms with Crippen molar-refractivity contribution in [3.05, 3.63) is 54.4 Å². The molecular weight excluding hydrogens is 275 g/mol. The van der Waals surface area contributed by atoms with Crippen molar-refractivity contribution in [3.8, 4) is 0 Å². The Hall–Kier alpha value is -2.76. The fraction of sp³-hybridized carbons (Fsp3) is 0.133. The third-order valence-corrected chi connectivity index (χ3v) is 3.00. The van der Waals surface area contributed by atoms with Gasteiger partial charge in [0.1, 0.15) is 5.82 Å². The minimum Gasteiger partial charge on any atom is -0.269 e. The van der Waals surface area contributed by atoms with Gasteiger partial charge >= 0.3 is 6.03 Å². The molecule has 0 spiro atoms. The summed E-state index contributed by atoms with van der Waals surface area (Å²) in [5, 5.41) is 0. The summed E-state index contributed by atoms with van der Waals surface area (Å²) in [4.78, 5) is 37.1. The average molecular weight is 288 g/mol. The molecule has 0 atom stereocenters. The second kappa shape index (κ2) is 6.13. The lowest BCUT2D eigenvalue weighted by molar-refractivity contribution is -0.123. The maximum Gasteiger partial charge on any atom is 0.334 e. The average Bonchev–Trinajstić information content (AvgIpc) is 2.87. The predicted octanol–water partition coefficient (Wildman–Crippen LogP) is 1.82. The number of rotatable bonds is 3. The van der Waals surface area contributed by atoms with Crippen molar-refractivity contribution >= 4 is 23.9 Å². The summed E-state index contributed by atoms with van der Waals surface area (Å²) in [6.07, 6.45) is 3.72. The lowest BCUT2D eigenvalue weighted by Gasteiger charge is -2.13. The Morgan fingerprint density at radius 3 is 2.24 bits per heavy atom. The third kappa shape index (κ3) is 3.22. The molecule has 2 rings (SSSR count). The largest absolute Gasteiger partial charge is 0.334 e. The van der Waals surface area contributed by atoms with Gasteiger partial charge in [0, 0.05) is 19.2 Å². The second-order valence-corrected chi connectivity index (χ2v) is 4.35. The van der Waals surface area contributed by atoms with Crippen LogP contribution in [0.25, 0.3) is 6.08 Å².